The van der Waals surface area contributed by atoms with Crippen LogP contribution in [0.25, 0.3) is 0 Å². The summed E-state index contributed by atoms with van der Waals surface area (Å²) >= 11 is 11.7. The van der Waals surface area contributed by atoms with Gasteiger partial charge in [0.1, 0.15) is 6.04 Å². The average molecular weight is 372 g/mol. The predicted molar refractivity (Wildman–Crippen MR) is 87.7 cm³/mol. The molecule has 0 radical (unpaired) electrons. The summed E-state index contributed by atoms with van der Waals surface area (Å²) in [7, 11) is -4.08. The van der Waals surface area contributed by atoms with Gasteiger partial charge in [0.2, 0.25) is 0 Å². The fourth-order valence-electron chi connectivity index (χ4n) is 2.59. The van der Waals surface area contributed by atoms with Gasteiger partial charge >= 0.3 is 5.97 Å². The standard InChI is InChI=1S/C15H11Cl2NO4S/c16-11-6-5-10(8-12(11)17)23(21,22)18-13-4-2-1-3-9(13)7-14(18)15(19)20/h1-6,8,14H,7H2,(H,19,20). The zero-order valence-electron chi connectivity index (χ0n) is 11.6. The summed E-state index contributed by atoms with van der Waals surface area (Å²) in [5.74, 6) is -1.20. The summed E-state index contributed by atoms with van der Waals surface area (Å²) in [5.41, 5.74) is 1.04. The zero-order chi connectivity index (χ0) is 16.8. The van der Waals surface area contributed by atoms with Gasteiger partial charge in [0.25, 0.3) is 10.0 Å². The summed E-state index contributed by atoms with van der Waals surface area (Å²) in [6.45, 7) is 0. The van der Waals surface area contributed by atoms with Crippen molar-refractivity contribution in [2.24, 2.45) is 0 Å². The molecule has 23 heavy (non-hydrogen) atoms. The van der Waals surface area contributed by atoms with Crippen LogP contribution < -0.4 is 4.31 Å². The lowest BCUT2D eigenvalue weighted by molar-refractivity contribution is -0.138. The van der Waals surface area contributed by atoms with E-state index in [2.05, 4.69) is 0 Å². The van der Waals surface area contributed by atoms with Crippen molar-refractivity contribution >= 4 is 44.9 Å². The van der Waals surface area contributed by atoms with Crippen molar-refractivity contribution < 1.29 is 18.3 Å². The molecule has 120 valence electrons. The van der Waals surface area contributed by atoms with Gasteiger partial charge in [0, 0.05) is 6.42 Å². The average Bonchev–Trinajstić information content (AvgIpc) is 2.90. The van der Waals surface area contributed by atoms with Crippen molar-refractivity contribution in [3.8, 4) is 0 Å². The van der Waals surface area contributed by atoms with E-state index in [9.17, 15) is 18.3 Å². The van der Waals surface area contributed by atoms with Gasteiger partial charge in [0.15, 0.2) is 0 Å². The number of para-hydroxylation sites is 1. The summed E-state index contributed by atoms with van der Waals surface area (Å²) in [4.78, 5) is 11.4. The van der Waals surface area contributed by atoms with Crippen LogP contribution in [0.4, 0.5) is 5.69 Å². The minimum Gasteiger partial charge on any atom is -0.480 e. The minimum atomic E-state index is -4.08. The summed E-state index contributed by atoms with van der Waals surface area (Å²) < 4.78 is 26.8. The number of anilines is 1. The molecule has 0 aromatic heterocycles. The fourth-order valence-corrected chi connectivity index (χ4v) is 4.63. The number of carboxylic acid groups (broad SMARTS) is 1. The number of sulfonamides is 1. The Kier molecular flexibility index (Phi) is 4.00. The third-order valence-electron chi connectivity index (χ3n) is 3.66. The Morgan fingerprint density at radius 3 is 2.48 bits per heavy atom. The molecule has 0 saturated carbocycles. The highest BCUT2D eigenvalue weighted by atomic mass is 35.5. The van der Waals surface area contributed by atoms with Crippen LogP contribution in [0.5, 0.6) is 0 Å². The van der Waals surface area contributed by atoms with Crippen LogP contribution in [-0.4, -0.2) is 25.5 Å². The maximum atomic E-state index is 12.9. The molecule has 1 N–H and O–H groups in total. The first-order valence-corrected chi connectivity index (χ1v) is 8.82. The van der Waals surface area contributed by atoms with Crippen LogP contribution in [0.2, 0.25) is 10.0 Å². The molecule has 8 heteroatoms. The molecule has 1 aliphatic heterocycles. The van der Waals surface area contributed by atoms with Gasteiger partial charge in [-0.1, -0.05) is 41.4 Å². The van der Waals surface area contributed by atoms with Gasteiger partial charge in [-0.25, -0.2) is 13.2 Å². The Balaban J connectivity index is 2.16. The van der Waals surface area contributed by atoms with Gasteiger partial charge in [-0.3, -0.25) is 4.31 Å². The summed E-state index contributed by atoms with van der Waals surface area (Å²) in [5, 5.41) is 9.73. The van der Waals surface area contributed by atoms with Crippen LogP contribution in [0.1, 0.15) is 5.56 Å². The summed E-state index contributed by atoms with van der Waals surface area (Å²) in [6.07, 6.45) is 0.117. The second-order valence-electron chi connectivity index (χ2n) is 5.06. The number of hydrogen-bond donors (Lipinski definition) is 1. The number of carboxylic acids is 1. The van der Waals surface area contributed by atoms with E-state index in [0.717, 1.165) is 4.31 Å². The third-order valence-corrected chi connectivity index (χ3v) is 6.22. The van der Waals surface area contributed by atoms with Gasteiger partial charge in [-0.15, -0.1) is 0 Å². The van der Waals surface area contributed by atoms with E-state index in [0.29, 0.717) is 11.3 Å². The molecule has 1 atom stereocenters. The highest BCUT2D eigenvalue weighted by Crippen LogP contribution is 2.37. The van der Waals surface area contributed by atoms with Crippen molar-refractivity contribution in [1.82, 2.24) is 0 Å². The van der Waals surface area contributed by atoms with E-state index in [1.807, 2.05) is 0 Å². The number of carbonyl (C=O) groups is 1. The smallest absolute Gasteiger partial charge is 0.327 e. The van der Waals surface area contributed by atoms with Crippen molar-refractivity contribution in [3.63, 3.8) is 0 Å². The Labute approximate surface area is 143 Å². The fraction of sp³-hybridized carbons (Fsp3) is 0.133. The van der Waals surface area contributed by atoms with E-state index in [1.54, 1.807) is 24.3 Å². The maximum Gasteiger partial charge on any atom is 0.327 e. The molecule has 1 unspecified atom stereocenters. The van der Waals surface area contributed by atoms with Gasteiger partial charge < -0.3 is 5.11 Å². The number of rotatable bonds is 3. The lowest BCUT2D eigenvalue weighted by Gasteiger charge is -2.24. The Bertz CT molecular complexity index is 898. The van der Waals surface area contributed by atoms with Gasteiger partial charge in [-0.2, -0.15) is 0 Å². The molecule has 0 bridgehead atoms. The van der Waals surface area contributed by atoms with Crippen LogP contribution in [0.15, 0.2) is 47.4 Å². The SMILES string of the molecule is O=C(O)C1Cc2ccccc2N1S(=O)(=O)c1ccc(Cl)c(Cl)c1. The van der Waals surface area contributed by atoms with Crippen LogP contribution in [0.3, 0.4) is 0 Å². The number of hydrogen-bond acceptors (Lipinski definition) is 3. The van der Waals surface area contributed by atoms with Crippen molar-refractivity contribution in [3.05, 3.63) is 58.1 Å². The first kappa shape index (κ1) is 16.1. The molecular weight excluding hydrogens is 361 g/mol. The highest BCUT2D eigenvalue weighted by Gasteiger charge is 2.42. The second-order valence-corrected chi connectivity index (χ2v) is 7.69. The molecule has 2 aromatic rings. The predicted octanol–water partition coefficient (Wildman–Crippen LogP) is 3.20. The highest BCUT2D eigenvalue weighted by molar-refractivity contribution is 7.93. The molecule has 0 fully saturated rings. The molecule has 1 aliphatic rings. The van der Waals surface area contributed by atoms with Crippen molar-refractivity contribution in [1.29, 1.82) is 0 Å². The van der Waals surface area contributed by atoms with Gasteiger partial charge in [0.05, 0.1) is 20.6 Å². The Morgan fingerprint density at radius 2 is 1.83 bits per heavy atom. The molecular formula is C15H11Cl2NO4S. The quantitative estimate of drug-likeness (QED) is 0.898. The second kappa shape index (κ2) is 5.70. The number of benzene rings is 2. The molecule has 5 nitrogen and oxygen atoms in total. The first-order valence-electron chi connectivity index (χ1n) is 6.62. The number of fused-ring (bicyclic) bond motifs is 1. The van der Waals surface area contributed by atoms with Crippen molar-refractivity contribution in [2.75, 3.05) is 4.31 Å². The molecule has 3 rings (SSSR count). The van der Waals surface area contributed by atoms with E-state index < -0.39 is 22.0 Å². The number of nitrogens with zero attached hydrogens (tertiary/aromatic N) is 1. The molecule has 0 amide bonds. The molecule has 0 spiro atoms. The van der Waals surface area contributed by atoms with Crippen molar-refractivity contribution in [2.45, 2.75) is 17.4 Å². The lowest BCUT2D eigenvalue weighted by Crippen LogP contribution is -2.42. The van der Waals surface area contributed by atoms with E-state index >= 15 is 0 Å². The molecule has 0 aliphatic carbocycles. The normalized spacial score (nSPS) is 17.1. The number of halogens is 2. The minimum absolute atomic E-state index is 0.0899. The maximum absolute atomic E-state index is 12.9. The Hall–Kier alpha value is -1.76. The van der Waals surface area contributed by atoms with Crippen LogP contribution in [-0.2, 0) is 21.2 Å². The van der Waals surface area contributed by atoms with Crippen LogP contribution in [0, 0.1) is 0 Å². The molecule has 1 heterocycles. The first-order chi connectivity index (χ1) is 10.8. The topological polar surface area (TPSA) is 74.7 Å². The third kappa shape index (κ3) is 2.67. The van der Waals surface area contributed by atoms with E-state index in [-0.39, 0.29) is 21.4 Å². The molecule has 2 aromatic carbocycles. The monoisotopic (exact) mass is 371 g/mol. The van der Waals surface area contributed by atoms with Gasteiger partial charge in [-0.05, 0) is 29.8 Å². The summed E-state index contributed by atoms with van der Waals surface area (Å²) in [6, 6.07) is 9.43. The van der Waals surface area contributed by atoms with E-state index in [4.69, 9.17) is 23.2 Å². The largest absolute Gasteiger partial charge is 0.480 e. The number of aliphatic carboxylic acids is 1. The lowest BCUT2D eigenvalue weighted by atomic mass is 10.1. The zero-order valence-corrected chi connectivity index (χ0v) is 13.9. The van der Waals surface area contributed by atoms with E-state index in [1.165, 1.54) is 18.2 Å². The van der Waals surface area contributed by atoms with Crippen LogP contribution >= 0.6 is 23.2 Å². The Morgan fingerprint density at radius 1 is 1.13 bits per heavy atom. The molecule has 0 saturated heterocycles.